The van der Waals surface area contributed by atoms with Crippen LogP contribution in [0, 0.1) is 5.82 Å². The van der Waals surface area contributed by atoms with Crippen molar-refractivity contribution in [1.82, 2.24) is 10.2 Å². The van der Waals surface area contributed by atoms with Crippen LogP contribution in [0.2, 0.25) is 0 Å². The van der Waals surface area contributed by atoms with Crippen molar-refractivity contribution in [2.24, 2.45) is 0 Å². The van der Waals surface area contributed by atoms with E-state index in [9.17, 15) is 22.4 Å². The number of hydrogen-bond donors (Lipinski definition) is 1. The minimum Gasteiger partial charge on any atom is -0.355 e. The molecule has 0 aliphatic rings. The van der Waals surface area contributed by atoms with E-state index in [-0.39, 0.29) is 18.5 Å². The summed E-state index contributed by atoms with van der Waals surface area (Å²) < 4.78 is 41.8. The third kappa shape index (κ3) is 7.87. The van der Waals surface area contributed by atoms with E-state index in [1.54, 1.807) is 37.3 Å². The first-order valence-electron chi connectivity index (χ1n) is 11.7. The molecule has 0 spiro atoms. The lowest BCUT2D eigenvalue weighted by Crippen LogP contribution is -2.53. The summed E-state index contributed by atoms with van der Waals surface area (Å²) in [5.74, 6) is -1.57. The van der Waals surface area contributed by atoms with Gasteiger partial charge < -0.3 is 10.2 Å². The fourth-order valence-corrected chi connectivity index (χ4v) is 4.99. The van der Waals surface area contributed by atoms with Crippen LogP contribution in [0.1, 0.15) is 18.1 Å². The summed E-state index contributed by atoms with van der Waals surface area (Å²) in [5, 5.41) is 2.76. The summed E-state index contributed by atoms with van der Waals surface area (Å²) >= 11 is 3.32. The molecule has 0 saturated heterocycles. The highest BCUT2D eigenvalue weighted by molar-refractivity contribution is 9.10. The summed E-state index contributed by atoms with van der Waals surface area (Å²) in [6.45, 7) is 1.33. The summed E-state index contributed by atoms with van der Waals surface area (Å²) in [5.41, 5.74) is 1.31. The molecule has 0 aromatic heterocycles. The average Bonchev–Trinajstić information content (AvgIpc) is 2.86. The van der Waals surface area contributed by atoms with Gasteiger partial charge in [-0.05, 0) is 42.8 Å². The Morgan fingerprint density at radius 2 is 1.59 bits per heavy atom. The molecule has 3 rings (SSSR count). The number of hydrogen-bond acceptors (Lipinski definition) is 4. The Morgan fingerprint density at radius 1 is 0.973 bits per heavy atom. The first-order valence-corrected chi connectivity index (χ1v) is 14.3. The summed E-state index contributed by atoms with van der Waals surface area (Å²) in [6.07, 6.45) is 1.18. The maximum absolute atomic E-state index is 14.7. The molecule has 0 bridgehead atoms. The van der Waals surface area contributed by atoms with Gasteiger partial charge in [-0.1, -0.05) is 64.5 Å². The van der Waals surface area contributed by atoms with Gasteiger partial charge in [0.05, 0.1) is 11.9 Å². The number of amides is 2. The van der Waals surface area contributed by atoms with E-state index in [0.717, 1.165) is 20.6 Å². The number of sulfonamides is 1. The van der Waals surface area contributed by atoms with Crippen LogP contribution in [0.25, 0.3) is 0 Å². The number of halogens is 2. The van der Waals surface area contributed by atoms with Crippen LogP contribution < -0.4 is 9.62 Å². The molecule has 3 aromatic carbocycles. The monoisotopic (exact) mass is 589 g/mol. The van der Waals surface area contributed by atoms with Gasteiger partial charge in [0.15, 0.2) is 0 Å². The number of anilines is 1. The predicted molar refractivity (Wildman–Crippen MR) is 146 cm³/mol. The van der Waals surface area contributed by atoms with E-state index in [1.807, 2.05) is 30.3 Å². The third-order valence-corrected chi connectivity index (χ3v) is 7.38. The molecule has 0 aliphatic carbocycles. The molecule has 1 N–H and O–H groups in total. The van der Waals surface area contributed by atoms with E-state index >= 15 is 0 Å². The van der Waals surface area contributed by atoms with Crippen LogP contribution in [-0.4, -0.2) is 50.5 Å². The largest absolute Gasteiger partial charge is 0.355 e. The van der Waals surface area contributed by atoms with Gasteiger partial charge >= 0.3 is 0 Å². The third-order valence-electron chi connectivity index (χ3n) is 5.71. The van der Waals surface area contributed by atoms with Crippen molar-refractivity contribution in [3.8, 4) is 0 Å². The Bertz CT molecular complexity index is 1320. The number of nitrogens with one attached hydrogen (secondary N) is 1. The molecule has 3 aromatic rings. The highest BCUT2D eigenvalue weighted by atomic mass is 79.9. The topological polar surface area (TPSA) is 86.8 Å². The lowest BCUT2D eigenvalue weighted by molar-refractivity contribution is -0.140. The molecule has 0 fully saturated rings. The number of rotatable bonds is 11. The second kappa shape index (κ2) is 12.8. The van der Waals surface area contributed by atoms with Crippen molar-refractivity contribution in [3.05, 3.63) is 100 Å². The van der Waals surface area contributed by atoms with Crippen molar-refractivity contribution in [2.45, 2.75) is 25.9 Å². The predicted octanol–water partition coefficient (Wildman–Crippen LogP) is 4.13. The van der Waals surface area contributed by atoms with E-state index in [1.165, 1.54) is 23.1 Å². The highest BCUT2D eigenvalue weighted by Gasteiger charge is 2.33. The SMILES string of the molecule is CCNC(=O)[C@@H](Cc1ccccc1)N(Cc1ccccc1F)C(=O)CN(c1ccc(Br)cc1)S(C)(=O)=O. The molecule has 10 heteroatoms. The van der Waals surface area contributed by atoms with Crippen molar-refractivity contribution >= 4 is 43.5 Å². The molecule has 0 unspecified atom stereocenters. The number of nitrogens with zero attached hydrogens (tertiary/aromatic N) is 2. The average molecular weight is 591 g/mol. The molecular formula is C27H29BrFN3O4S. The highest BCUT2D eigenvalue weighted by Crippen LogP contribution is 2.23. The van der Waals surface area contributed by atoms with Crippen LogP contribution >= 0.6 is 15.9 Å². The minimum atomic E-state index is -3.86. The Morgan fingerprint density at radius 3 is 2.19 bits per heavy atom. The fraction of sp³-hybridized carbons (Fsp3) is 0.259. The van der Waals surface area contributed by atoms with Gasteiger partial charge in [0.2, 0.25) is 21.8 Å². The lowest BCUT2D eigenvalue weighted by Gasteiger charge is -2.33. The maximum atomic E-state index is 14.7. The van der Waals surface area contributed by atoms with Gasteiger partial charge in [0, 0.05) is 29.5 Å². The van der Waals surface area contributed by atoms with Gasteiger partial charge in [0.1, 0.15) is 18.4 Å². The van der Waals surface area contributed by atoms with Crippen LogP contribution in [0.15, 0.2) is 83.3 Å². The van der Waals surface area contributed by atoms with Crippen LogP contribution in [-0.2, 0) is 32.6 Å². The fourth-order valence-electron chi connectivity index (χ4n) is 3.88. The Labute approximate surface area is 225 Å². The molecule has 0 aliphatic heterocycles. The smallest absolute Gasteiger partial charge is 0.244 e. The van der Waals surface area contributed by atoms with Crippen molar-refractivity contribution in [1.29, 1.82) is 0 Å². The van der Waals surface area contributed by atoms with E-state index in [0.29, 0.717) is 12.2 Å². The van der Waals surface area contributed by atoms with Crippen molar-refractivity contribution in [2.75, 3.05) is 23.7 Å². The Balaban J connectivity index is 2.04. The van der Waals surface area contributed by atoms with E-state index in [2.05, 4.69) is 21.2 Å². The maximum Gasteiger partial charge on any atom is 0.244 e. The van der Waals surface area contributed by atoms with Gasteiger partial charge in [0.25, 0.3) is 0 Å². The molecular weight excluding hydrogens is 561 g/mol. The number of benzene rings is 3. The molecule has 7 nitrogen and oxygen atoms in total. The van der Waals surface area contributed by atoms with Crippen molar-refractivity contribution < 1.29 is 22.4 Å². The summed E-state index contributed by atoms with van der Waals surface area (Å²) in [6, 6.07) is 20.6. The zero-order chi connectivity index (χ0) is 27.0. The first kappa shape index (κ1) is 28.3. The van der Waals surface area contributed by atoms with Crippen LogP contribution in [0.3, 0.4) is 0 Å². The van der Waals surface area contributed by atoms with Gasteiger partial charge in [-0.2, -0.15) is 0 Å². The molecule has 0 heterocycles. The Hall–Kier alpha value is -3.24. The van der Waals surface area contributed by atoms with Crippen LogP contribution in [0.4, 0.5) is 10.1 Å². The van der Waals surface area contributed by atoms with E-state index in [4.69, 9.17) is 0 Å². The molecule has 0 radical (unpaired) electrons. The molecule has 0 saturated carbocycles. The second-order valence-corrected chi connectivity index (χ2v) is 11.3. The number of likely N-dealkylation sites (N-methyl/N-ethyl adjacent to an activating group) is 1. The van der Waals surface area contributed by atoms with E-state index < -0.39 is 40.2 Å². The standard InChI is InChI=1S/C27H29BrFN3O4S/c1-3-30-27(34)25(17-20-9-5-4-6-10-20)31(18-21-11-7-8-12-24(21)29)26(33)19-32(37(2,35)36)23-15-13-22(28)14-16-23/h4-16,25H,3,17-19H2,1-2H3,(H,30,34)/t25-/m1/s1. The Kier molecular flexibility index (Phi) is 9.82. The van der Waals surface area contributed by atoms with Gasteiger partial charge in [-0.25, -0.2) is 12.8 Å². The summed E-state index contributed by atoms with van der Waals surface area (Å²) in [7, 11) is -3.86. The van der Waals surface area contributed by atoms with Gasteiger partial charge in [-0.15, -0.1) is 0 Å². The molecule has 37 heavy (non-hydrogen) atoms. The van der Waals surface area contributed by atoms with Gasteiger partial charge in [-0.3, -0.25) is 13.9 Å². The van der Waals surface area contributed by atoms with Crippen molar-refractivity contribution in [3.63, 3.8) is 0 Å². The quantitative estimate of drug-likeness (QED) is 0.364. The minimum absolute atomic E-state index is 0.171. The number of carbonyl (C=O) groups is 2. The second-order valence-electron chi connectivity index (χ2n) is 8.46. The molecule has 2 amide bonds. The lowest BCUT2D eigenvalue weighted by atomic mass is 10.0. The zero-order valence-electron chi connectivity index (χ0n) is 20.6. The normalized spacial score (nSPS) is 12.0. The summed E-state index contributed by atoms with van der Waals surface area (Å²) in [4.78, 5) is 28.3. The molecule has 196 valence electrons. The zero-order valence-corrected chi connectivity index (χ0v) is 23.0. The molecule has 1 atom stereocenters. The number of carbonyl (C=O) groups excluding carboxylic acids is 2. The first-order chi connectivity index (χ1) is 17.6. The van der Waals surface area contributed by atoms with Crippen LogP contribution in [0.5, 0.6) is 0 Å².